The van der Waals surface area contributed by atoms with Gasteiger partial charge >= 0.3 is 5.97 Å². The Bertz CT molecular complexity index is 679. The zero-order valence-electron chi connectivity index (χ0n) is 16.9. The molecular formula is C21H32N2O4. The standard InChI is InChI=1S/C21H32N2O4/c1-15-17(20(25)27-14-13-26-3)16(2)22-18(15)19(24)23-11-9-21(10-12-23)7-5-4-6-8-21/h22H,4-14H2,1-3H3. The third kappa shape index (κ3) is 4.21. The maximum atomic E-state index is 13.1. The fourth-order valence-corrected chi connectivity index (χ4v) is 4.70. The van der Waals surface area contributed by atoms with Gasteiger partial charge in [0.25, 0.3) is 5.91 Å². The Morgan fingerprint density at radius 2 is 1.70 bits per heavy atom. The van der Waals surface area contributed by atoms with Crippen LogP contribution >= 0.6 is 0 Å². The van der Waals surface area contributed by atoms with Gasteiger partial charge in [-0.25, -0.2) is 4.79 Å². The molecule has 1 N–H and O–H groups in total. The minimum atomic E-state index is -0.405. The number of piperidine rings is 1. The van der Waals surface area contributed by atoms with Crippen molar-refractivity contribution in [1.82, 2.24) is 9.88 Å². The molecule has 1 amide bonds. The van der Waals surface area contributed by atoms with Crippen molar-refractivity contribution >= 4 is 11.9 Å². The third-order valence-electron chi connectivity index (χ3n) is 6.40. The zero-order valence-corrected chi connectivity index (χ0v) is 16.9. The van der Waals surface area contributed by atoms with E-state index in [0.717, 1.165) is 25.9 Å². The number of aromatic amines is 1. The molecule has 0 aromatic carbocycles. The Kier molecular flexibility index (Phi) is 6.25. The number of nitrogens with zero attached hydrogens (tertiary/aromatic N) is 1. The predicted octanol–water partition coefficient (Wildman–Crippen LogP) is 3.62. The van der Waals surface area contributed by atoms with Gasteiger partial charge < -0.3 is 19.4 Å². The van der Waals surface area contributed by atoms with Crippen molar-refractivity contribution < 1.29 is 19.1 Å². The second-order valence-corrected chi connectivity index (χ2v) is 8.11. The van der Waals surface area contributed by atoms with Crippen LogP contribution in [0.3, 0.4) is 0 Å². The number of H-pyrrole nitrogens is 1. The molecule has 1 aromatic heterocycles. The fourth-order valence-electron chi connectivity index (χ4n) is 4.70. The average Bonchev–Trinajstić information content (AvgIpc) is 2.97. The summed E-state index contributed by atoms with van der Waals surface area (Å²) in [5, 5.41) is 0. The number of nitrogens with one attached hydrogen (secondary N) is 1. The highest BCUT2D eigenvalue weighted by atomic mass is 16.6. The highest BCUT2D eigenvalue weighted by Gasteiger charge is 2.37. The smallest absolute Gasteiger partial charge is 0.340 e. The maximum absolute atomic E-state index is 13.1. The van der Waals surface area contributed by atoms with Crippen molar-refractivity contribution in [2.45, 2.75) is 58.8 Å². The Balaban J connectivity index is 1.67. The number of aryl methyl sites for hydroxylation is 1. The molecule has 3 rings (SSSR count). The number of hydrogen-bond acceptors (Lipinski definition) is 4. The highest BCUT2D eigenvalue weighted by Crippen LogP contribution is 2.44. The number of rotatable bonds is 5. The molecule has 6 heteroatoms. The minimum Gasteiger partial charge on any atom is -0.460 e. The molecule has 1 saturated carbocycles. The number of likely N-dealkylation sites (tertiary alicyclic amines) is 1. The Labute approximate surface area is 161 Å². The number of carbonyl (C=O) groups is 2. The van der Waals surface area contributed by atoms with Crippen LogP contribution in [0.4, 0.5) is 0 Å². The van der Waals surface area contributed by atoms with Crippen LogP contribution in [0.5, 0.6) is 0 Å². The summed E-state index contributed by atoms with van der Waals surface area (Å²) in [6.07, 6.45) is 8.84. The van der Waals surface area contributed by atoms with Crippen molar-refractivity contribution in [3.05, 3.63) is 22.5 Å². The summed E-state index contributed by atoms with van der Waals surface area (Å²) in [4.78, 5) is 30.5. The first-order valence-corrected chi connectivity index (χ1v) is 10.1. The van der Waals surface area contributed by atoms with Gasteiger partial charge in [-0.3, -0.25) is 4.79 Å². The van der Waals surface area contributed by atoms with Crippen LogP contribution in [0, 0.1) is 19.3 Å². The summed E-state index contributed by atoms with van der Waals surface area (Å²) >= 11 is 0. The first kappa shape index (κ1) is 19.9. The van der Waals surface area contributed by atoms with E-state index in [9.17, 15) is 9.59 Å². The molecule has 0 unspecified atom stereocenters. The van der Waals surface area contributed by atoms with Crippen molar-refractivity contribution in [2.24, 2.45) is 5.41 Å². The van der Waals surface area contributed by atoms with Gasteiger partial charge in [-0.2, -0.15) is 0 Å². The number of carbonyl (C=O) groups excluding carboxylic acids is 2. The maximum Gasteiger partial charge on any atom is 0.340 e. The summed E-state index contributed by atoms with van der Waals surface area (Å²) in [7, 11) is 1.56. The van der Waals surface area contributed by atoms with Gasteiger partial charge in [0, 0.05) is 25.9 Å². The van der Waals surface area contributed by atoms with Crippen LogP contribution in [-0.4, -0.2) is 55.2 Å². The van der Waals surface area contributed by atoms with Crippen LogP contribution < -0.4 is 0 Å². The van der Waals surface area contributed by atoms with E-state index in [-0.39, 0.29) is 12.5 Å². The van der Waals surface area contributed by atoms with Crippen LogP contribution in [-0.2, 0) is 9.47 Å². The van der Waals surface area contributed by atoms with Crippen molar-refractivity contribution in [3.63, 3.8) is 0 Å². The number of hydrogen-bond donors (Lipinski definition) is 1. The first-order valence-electron chi connectivity index (χ1n) is 10.1. The topological polar surface area (TPSA) is 71.6 Å². The Morgan fingerprint density at radius 3 is 2.33 bits per heavy atom. The van der Waals surface area contributed by atoms with Gasteiger partial charge in [-0.05, 0) is 50.5 Å². The second-order valence-electron chi connectivity index (χ2n) is 8.11. The van der Waals surface area contributed by atoms with E-state index < -0.39 is 5.97 Å². The largest absolute Gasteiger partial charge is 0.460 e. The van der Waals surface area contributed by atoms with Crippen LogP contribution in [0.2, 0.25) is 0 Å². The molecule has 1 saturated heterocycles. The Morgan fingerprint density at radius 1 is 1.04 bits per heavy atom. The Hall–Kier alpha value is -1.82. The molecule has 2 fully saturated rings. The minimum absolute atomic E-state index is 0.00259. The SMILES string of the molecule is COCCOC(=O)c1c(C)[nH]c(C(=O)N2CCC3(CCCCC3)CC2)c1C. The molecule has 1 spiro atoms. The molecule has 27 heavy (non-hydrogen) atoms. The van der Waals surface area contributed by atoms with E-state index in [1.807, 2.05) is 18.7 Å². The molecule has 150 valence electrons. The lowest BCUT2D eigenvalue weighted by Gasteiger charge is -2.44. The van der Waals surface area contributed by atoms with E-state index in [2.05, 4.69) is 4.98 Å². The van der Waals surface area contributed by atoms with E-state index in [1.54, 1.807) is 7.11 Å². The van der Waals surface area contributed by atoms with Gasteiger partial charge in [0.2, 0.25) is 0 Å². The molecular weight excluding hydrogens is 344 g/mol. The number of aromatic nitrogens is 1. The number of methoxy groups -OCH3 is 1. The normalized spacial score (nSPS) is 19.3. The zero-order chi connectivity index (χ0) is 19.4. The lowest BCUT2D eigenvalue weighted by Crippen LogP contribution is -2.44. The second kappa shape index (κ2) is 8.46. The molecule has 6 nitrogen and oxygen atoms in total. The van der Waals surface area contributed by atoms with Crippen molar-refractivity contribution in [2.75, 3.05) is 33.4 Å². The van der Waals surface area contributed by atoms with Gasteiger partial charge in [-0.1, -0.05) is 19.3 Å². The summed E-state index contributed by atoms with van der Waals surface area (Å²) in [6.45, 7) is 5.81. The number of ether oxygens (including phenoxy) is 2. The fraction of sp³-hybridized carbons (Fsp3) is 0.714. The average molecular weight is 376 g/mol. The number of esters is 1. The lowest BCUT2D eigenvalue weighted by atomic mass is 9.68. The first-order chi connectivity index (χ1) is 13.0. The summed E-state index contributed by atoms with van der Waals surface area (Å²) in [5.74, 6) is -0.408. The third-order valence-corrected chi connectivity index (χ3v) is 6.40. The van der Waals surface area contributed by atoms with Crippen molar-refractivity contribution in [3.8, 4) is 0 Å². The van der Waals surface area contributed by atoms with Crippen LogP contribution in [0.25, 0.3) is 0 Å². The van der Waals surface area contributed by atoms with Gasteiger partial charge in [0.1, 0.15) is 12.3 Å². The van der Waals surface area contributed by atoms with E-state index in [4.69, 9.17) is 9.47 Å². The summed E-state index contributed by atoms with van der Waals surface area (Å²) in [6, 6.07) is 0. The molecule has 2 heterocycles. The van der Waals surface area contributed by atoms with E-state index >= 15 is 0 Å². The lowest BCUT2D eigenvalue weighted by molar-refractivity contribution is 0.0386. The molecule has 0 radical (unpaired) electrons. The molecule has 0 bridgehead atoms. The summed E-state index contributed by atoms with van der Waals surface area (Å²) < 4.78 is 10.1. The highest BCUT2D eigenvalue weighted by molar-refractivity contribution is 6.00. The monoisotopic (exact) mass is 376 g/mol. The molecule has 0 atom stereocenters. The number of amides is 1. The van der Waals surface area contributed by atoms with Gasteiger partial charge in [0.05, 0.1) is 12.2 Å². The van der Waals surface area contributed by atoms with Crippen LogP contribution in [0.15, 0.2) is 0 Å². The van der Waals surface area contributed by atoms with Gasteiger partial charge in [0.15, 0.2) is 0 Å². The van der Waals surface area contributed by atoms with Crippen LogP contribution in [0.1, 0.15) is 77.0 Å². The molecule has 1 aromatic rings. The molecule has 1 aliphatic heterocycles. The van der Waals surface area contributed by atoms with E-state index in [1.165, 1.54) is 32.1 Å². The molecule has 2 aliphatic rings. The summed E-state index contributed by atoms with van der Waals surface area (Å²) in [5.41, 5.74) is 2.81. The van der Waals surface area contributed by atoms with E-state index in [0.29, 0.717) is 34.5 Å². The van der Waals surface area contributed by atoms with Gasteiger partial charge in [-0.15, -0.1) is 0 Å². The quantitative estimate of drug-likeness (QED) is 0.629. The predicted molar refractivity (Wildman–Crippen MR) is 103 cm³/mol. The van der Waals surface area contributed by atoms with Crippen molar-refractivity contribution in [1.29, 1.82) is 0 Å². The molecule has 1 aliphatic carbocycles.